The third-order valence-electron chi connectivity index (χ3n) is 1.31. The van der Waals surface area contributed by atoms with Crippen LogP contribution in [0.5, 0.6) is 0 Å². The van der Waals surface area contributed by atoms with Gasteiger partial charge in [-0.1, -0.05) is 0 Å². The van der Waals surface area contributed by atoms with Crippen molar-refractivity contribution in [3.05, 3.63) is 0 Å². The number of hydrogen-bond acceptors (Lipinski definition) is 2. The summed E-state index contributed by atoms with van der Waals surface area (Å²) in [6, 6.07) is -0.0874. The predicted octanol–water partition coefficient (Wildman–Crippen LogP) is -0.0405. The van der Waals surface area contributed by atoms with Crippen molar-refractivity contribution in [1.29, 1.82) is 0 Å². The highest BCUT2D eigenvalue weighted by Crippen LogP contribution is 1.84. The third-order valence-corrected chi connectivity index (χ3v) is 1.31. The molecule has 0 spiro atoms. The monoisotopic (exact) mass is 187 g/mol. The molecule has 0 saturated carbocycles. The summed E-state index contributed by atoms with van der Waals surface area (Å²) < 4.78 is 0. The van der Waals surface area contributed by atoms with Crippen LogP contribution in [0.1, 0.15) is 26.7 Å². The molecule has 4 N–H and O–H groups in total. The van der Waals surface area contributed by atoms with Gasteiger partial charge in [-0.15, -0.1) is 0 Å². The minimum absolute atomic E-state index is 0.121. The minimum Gasteiger partial charge on any atom is -0.370 e. The molecule has 0 heterocycles. The molecular weight excluding hydrogens is 170 g/mol. The van der Waals surface area contributed by atoms with Crippen LogP contribution in [0, 0.1) is 0 Å². The van der Waals surface area contributed by atoms with E-state index in [1.54, 1.807) is 0 Å². The van der Waals surface area contributed by atoms with E-state index in [0.717, 1.165) is 0 Å². The van der Waals surface area contributed by atoms with Crippen LogP contribution >= 0.6 is 0 Å². The topological polar surface area (TPSA) is 84.2 Å². The van der Waals surface area contributed by atoms with E-state index < -0.39 is 0 Å². The first-order valence-electron chi connectivity index (χ1n) is 4.35. The lowest BCUT2D eigenvalue weighted by molar-refractivity contribution is -0.118. The predicted molar refractivity (Wildman–Crippen MR) is 50.1 cm³/mol. The lowest BCUT2D eigenvalue weighted by Gasteiger charge is -2.09. The van der Waals surface area contributed by atoms with Gasteiger partial charge in [0.1, 0.15) is 0 Å². The van der Waals surface area contributed by atoms with Crippen LogP contribution in [0.4, 0.5) is 4.79 Å². The lowest BCUT2D eigenvalue weighted by atomic mass is 10.3. The SMILES string of the molecule is CC(C)NC(=O)NCCCC(N)=O. The quantitative estimate of drug-likeness (QED) is 0.527. The molecule has 0 aromatic heterocycles. The van der Waals surface area contributed by atoms with Crippen LogP contribution in [0.2, 0.25) is 0 Å². The fourth-order valence-electron chi connectivity index (χ4n) is 0.778. The second kappa shape index (κ2) is 6.28. The first kappa shape index (κ1) is 11.7. The fraction of sp³-hybridized carbons (Fsp3) is 0.750. The largest absolute Gasteiger partial charge is 0.370 e. The van der Waals surface area contributed by atoms with E-state index >= 15 is 0 Å². The number of nitrogens with one attached hydrogen (secondary N) is 2. The standard InChI is InChI=1S/C8H17N3O2/c1-6(2)11-8(13)10-5-3-4-7(9)12/h6H,3-5H2,1-2H3,(H2,9,12)(H2,10,11,13). The van der Waals surface area contributed by atoms with Crippen molar-refractivity contribution in [2.45, 2.75) is 32.7 Å². The van der Waals surface area contributed by atoms with Gasteiger partial charge in [-0.2, -0.15) is 0 Å². The number of carbonyl (C=O) groups is 2. The summed E-state index contributed by atoms with van der Waals surface area (Å²) in [6.07, 6.45) is 0.892. The Morgan fingerprint density at radius 2 is 2.00 bits per heavy atom. The maximum Gasteiger partial charge on any atom is 0.314 e. The molecule has 0 aromatic rings. The molecule has 0 atom stereocenters. The highest BCUT2D eigenvalue weighted by Gasteiger charge is 2.01. The highest BCUT2D eigenvalue weighted by molar-refractivity contribution is 5.75. The molecule has 0 aliphatic carbocycles. The van der Waals surface area contributed by atoms with E-state index in [1.165, 1.54) is 0 Å². The van der Waals surface area contributed by atoms with Gasteiger partial charge in [-0.25, -0.2) is 4.79 Å². The van der Waals surface area contributed by atoms with Crippen molar-refractivity contribution < 1.29 is 9.59 Å². The van der Waals surface area contributed by atoms with E-state index in [2.05, 4.69) is 10.6 Å². The van der Waals surface area contributed by atoms with Gasteiger partial charge in [0.05, 0.1) is 0 Å². The number of carbonyl (C=O) groups excluding carboxylic acids is 2. The smallest absolute Gasteiger partial charge is 0.314 e. The van der Waals surface area contributed by atoms with E-state index in [1.807, 2.05) is 13.8 Å². The Balaban J connectivity index is 3.32. The minimum atomic E-state index is -0.342. The van der Waals surface area contributed by atoms with Crippen molar-refractivity contribution in [2.24, 2.45) is 5.73 Å². The van der Waals surface area contributed by atoms with Crippen molar-refractivity contribution in [1.82, 2.24) is 10.6 Å². The Labute approximate surface area is 78.1 Å². The molecule has 0 fully saturated rings. The van der Waals surface area contributed by atoms with E-state index in [9.17, 15) is 9.59 Å². The Morgan fingerprint density at radius 1 is 1.38 bits per heavy atom. The molecule has 0 aliphatic heterocycles. The zero-order valence-corrected chi connectivity index (χ0v) is 8.09. The Hall–Kier alpha value is -1.26. The van der Waals surface area contributed by atoms with Gasteiger partial charge in [0.2, 0.25) is 5.91 Å². The second-order valence-corrected chi connectivity index (χ2v) is 3.12. The van der Waals surface area contributed by atoms with Gasteiger partial charge >= 0.3 is 6.03 Å². The summed E-state index contributed by atoms with van der Waals surface area (Å²) in [5, 5.41) is 5.28. The van der Waals surface area contributed by atoms with Crippen LogP contribution in [0.3, 0.4) is 0 Å². The van der Waals surface area contributed by atoms with Gasteiger partial charge in [0.15, 0.2) is 0 Å². The van der Waals surface area contributed by atoms with Crippen molar-refractivity contribution in [3.8, 4) is 0 Å². The average molecular weight is 187 g/mol. The number of urea groups is 1. The molecule has 0 unspecified atom stereocenters. The molecule has 0 saturated heterocycles. The average Bonchev–Trinajstić information content (AvgIpc) is 1.96. The maximum atomic E-state index is 11.0. The summed E-state index contributed by atoms with van der Waals surface area (Å²) in [5.74, 6) is -0.342. The van der Waals surface area contributed by atoms with Crippen molar-refractivity contribution in [3.63, 3.8) is 0 Å². The molecular formula is C8H17N3O2. The van der Waals surface area contributed by atoms with Crippen LogP contribution in [-0.2, 0) is 4.79 Å². The van der Waals surface area contributed by atoms with E-state index in [-0.39, 0.29) is 18.0 Å². The zero-order valence-electron chi connectivity index (χ0n) is 8.09. The summed E-state index contributed by atoms with van der Waals surface area (Å²) in [4.78, 5) is 21.3. The van der Waals surface area contributed by atoms with Crippen LogP contribution in [0.15, 0.2) is 0 Å². The lowest BCUT2D eigenvalue weighted by Crippen LogP contribution is -2.39. The van der Waals surface area contributed by atoms with Crippen LogP contribution in [0.25, 0.3) is 0 Å². The molecule has 0 bridgehead atoms. The third kappa shape index (κ3) is 8.65. The van der Waals surface area contributed by atoms with E-state index in [4.69, 9.17) is 5.73 Å². The van der Waals surface area contributed by atoms with Gasteiger partial charge in [-0.3, -0.25) is 4.79 Å². The van der Waals surface area contributed by atoms with E-state index in [0.29, 0.717) is 19.4 Å². The highest BCUT2D eigenvalue weighted by atomic mass is 16.2. The van der Waals surface area contributed by atoms with Gasteiger partial charge < -0.3 is 16.4 Å². The fourth-order valence-corrected chi connectivity index (χ4v) is 0.778. The number of rotatable bonds is 5. The molecule has 5 heteroatoms. The molecule has 0 radical (unpaired) electrons. The summed E-state index contributed by atoms with van der Waals surface area (Å²) in [5.41, 5.74) is 4.92. The molecule has 5 nitrogen and oxygen atoms in total. The molecule has 13 heavy (non-hydrogen) atoms. The van der Waals surface area contributed by atoms with Crippen molar-refractivity contribution >= 4 is 11.9 Å². The first-order valence-corrected chi connectivity index (χ1v) is 4.35. The summed E-state index contributed by atoms with van der Waals surface area (Å²) in [7, 11) is 0. The van der Waals surface area contributed by atoms with Crippen molar-refractivity contribution in [2.75, 3.05) is 6.54 Å². The number of amides is 3. The molecule has 76 valence electrons. The maximum absolute atomic E-state index is 11.0. The molecule has 0 aliphatic rings. The Kier molecular flexibility index (Phi) is 5.67. The second-order valence-electron chi connectivity index (χ2n) is 3.12. The number of hydrogen-bond donors (Lipinski definition) is 3. The first-order chi connectivity index (χ1) is 6.02. The Bertz CT molecular complexity index is 180. The molecule has 0 aromatic carbocycles. The zero-order chi connectivity index (χ0) is 10.3. The Morgan fingerprint density at radius 3 is 2.46 bits per heavy atom. The number of nitrogens with two attached hydrogens (primary N) is 1. The molecule has 0 rings (SSSR count). The molecule has 3 amide bonds. The van der Waals surface area contributed by atoms with Crippen LogP contribution < -0.4 is 16.4 Å². The normalized spacial score (nSPS) is 9.77. The summed E-state index contributed by atoms with van der Waals surface area (Å²) in [6.45, 7) is 4.23. The van der Waals surface area contributed by atoms with Gasteiger partial charge in [0, 0.05) is 19.0 Å². The van der Waals surface area contributed by atoms with Gasteiger partial charge in [-0.05, 0) is 20.3 Å². The van der Waals surface area contributed by atoms with Gasteiger partial charge in [0.25, 0.3) is 0 Å². The summed E-state index contributed by atoms with van der Waals surface area (Å²) >= 11 is 0. The van der Waals surface area contributed by atoms with Crippen LogP contribution in [-0.4, -0.2) is 24.5 Å². The number of primary amides is 1.